The highest BCUT2D eigenvalue weighted by molar-refractivity contribution is 9.11. The molecule has 20 heavy (non-hydrogen) atoms. The zero-order valence-corrected chi connectivity index (χ0v) is 15.5. The van der Waals surface area contributed by atoms with Gasteiger partial charge in [-0.15, -0.1) is 0 Å². The molecule has 1 aromatic carbocycles. The van der Waals surface area contributed by atoms with Crippen LogP contribution in [-0.2, 0) is 0 Å². The van der Waals surface area contributed by atoms with Gasteiger partial charge in [0.15, 0.2) is 0 Å². The van der Waals surface area contributed by atoms with Gasteiger partial charge in [0.2, 0.25) is 0 Å². The van der Waals surface area contributed by atoms with Crippen LogP contribution in [0.3, 0.4) is 0 Å². The Hall–Kier alpha value is 0.1000. The zero-order valence-electron chi connectivity index (χ0n) is 12.3. The maximum Gasteiger partial charge on any atom is 0.0303 e. The predicted molar refractivity (Wildman–Crippen MR) is 93.1 cm³/mol. The van der Waals surface area contributed by atoms with E-state index in [9.17, 15) is 0 Å². The molecule has 0 aromatic heterocycles. The smallest absolute Gasteiger partial charge is 0.0303 e. The number of nitrogens with zero attached hydrogens (tertiary/aromatic N) is 1. The van der Waals surface area contributed by atoms with Crippen molar-refractivity contribution in [3.8, 4) is 0 Å². The highest BCUT2D eigenvalue weighted by atomic mass is 79.9. The van der Waals surface area contributed by atoms with E-state index in [1.54, 1.807) is 0 Å². The van der Waals surface area contributed by atoms with Crippen molar-refractivity contribution in [2.45, 2.75) is 44.7 Å². The second-order valence-corrected chi connectivity index (χ2v) is 7.53. The molecule has 1 aliphatic carbocycles. The summed E-state index contributed by atoms with van der Waals surface area (Å²) in [4.78, 5) is 2.52. The monoisotopic (exact) mass is 402 g/mol. The van der Waals surface area contributed by atoms with Gasteiger partial charge in [0.1, 0.15) is 0 Å². The minimum atomic E-state index is 0.370. The lowest BCUT2D eigenvalue weighted by molar-refractivity contribution is 0.243. The number of halogens is 2. The summed E-state index contributed by atoms with van der Waals surface area (Å²) in [7, 11) is 2.26. The molecular formula is C16H24Br2N2. The number of likely N-dealkylation sites (N-methyl/N-ethyl adjacent to an activating group) is 1. The van der Waals surface area contributed by atoms with Gasteiger partial charge in [-0.1, -0.05) is 50.8 Å². The molecule has 1 atom stereocenters. The van der Waals surface area contributed by atoms with Gasteiger partial charge < -0.3 is 10.2 Å². The normalized spacial score (nSPS) is 17.9. The molecule has 2 nitrogen and oxygen atoms in total. The summed E-state index contributed by atoms with van der Waals surface area (Å²) in [6.07, 6.45) is 5.57. The average Bonchev–Trinajstić information content (AvgIpc) is 2.92. The Bertz CT molecular complexity index is 430. The second kappa shape index (κ2) is 7.92. The third kappa shape index (κ3) is 4.55. The predicted octanol–water partition coefficient (Wildman–Crippen LogP) is 4.74. The van der Waals surface area contributed by atoms with Crippen LogP contribution in [0.15, 0.2) is 27.1 Å². The minimum absolute atomic E-state index is 0.370. The zero-order chi connectivity index (χ0) is 14.5. The Morgan fingerprint density at radius 2 is 2.00 bits per heavy atom. The Morgan fingerprint density at radius 1 is 1.30 bits per heavy atom. The number of rotatable bonds is 6. The van der Waals surface area contributed by atoms with E-state index >= 15 is 0 Å². The molecule has 0 radical (unpaired) electrons. The number of hydrogen-bond donors (Lipinski definition) is 1. The Kier molecular flexibility index (Phi) is 6.53. The Morgan fingerprint density at radius 3 is 2.65 bits per heavy atom. The number of benzene rings is 1. The van der Waals surface area contributed by atoms with Gasteiger partial charge in [-0.3, -0.25) is 0 Å². The lowest BCUT2D eigenvalue weighted by Gasteiger charge is -2.25. The van der Waals surface area contributed by atoms with E-state index in [0.717, 1.165) is 28.1 Å². The van der Waals surface area contributed by atoms with Crippen molar-refractivity contribution in [3.05, 3.63) is 32.7 Å². The molecule has 1 unspecified atom stereocenters. The van der Waals surface area contributed by atoms with Crippen molar-refractivity contribution in [2.75, 3.05) is 20.1 Å². The summed E-state index contributed by atoms with van der Waals surface area (Å²) in [5, 5.41) is 3.63. The van der Waals surface area contributed by atoms with Gasteiger partial charge in [-0.05, 0) is 44.5 Å². The van der Waals surface area contributed by atoms with Crippen LogP contribution >= 0.6 is 31.9 Å². The molecule has 0 spiro atoms. The number of nitrogens with one attached hydrogen (secondary N) is 1. The quantitative estimate of drug-likeness (QED) is 0.737. The highest BCUT2D eigenvalue weighted by Crippen LogP contribution is 2.26. The molecule has 1 saturated carbocycles. The average molecular weight is 404 g/mol. The lowest BCUT2D eigenvalue weighted by atomic mass is 10.1. The third-order valence-electron chi connectivity index (χ3n) is 4.29. The SMILES string of the molecule is CC(NCCN(C)C1CCCC1)c1ccc(Br)cc1Br. The van der Waals surface area contributed by atoms with Gasteiger partial charge in [-0.2, -0.15) is 0 Å². The molecule has 1 N–H and O–H groups in total. The fourth-order valence-electron chi connectivity index (χ4n) is 2.95. The van der Waals surface area contributed by atoms with Crippen LogP contribution < -0.4 is 5.32 Å². The molecule has 1 aliphatic rings. The Balaban J connectivity index is 1.78. The van der Waals surface area contributed by atoms with E-state index in [0.29, 0.717) is 6.04 Å². The number of hydrogen-bond acceptors (Lipinski definition) is 2. The first-order chi connectivity index (χ1) is 9.58. The van der Waals surface area contributed by atoms with Crippen molar-refractivity contribution >= 4 is 31.9 Å². The summed E-state index contributed by atoms with van der Waals surface area (Å²) in [6, 6.07) is 7.56. The molecule has 0 aliphatic heterocycles. The van der Waals surface area contributed by atoms with Crippen LogP contribution in [0.2, 0.25) is 0 Å². The van der Waals surface area contributed by atoms with E-state index in [4.69, 9.17) is 0 Å². The summed E-state index contributed by atoms with van der Waals surface area (Å²) in [6.45, 7) is 4.39. The molecule has 0 amide bonds. The summed E-state index contributed by atoms with van der Waals surface area (Å²) in [5.74, 6) is 0. The van der Waals surface area contributed by atoms with Gasteiger partial charge in [0, 0.05) is 34.1 Å². The van der Waals surface area contributed by atoms with E-state index in [1.807, 2.05) is 0 Å². The summed E-state index contributed by atoms with van der Waals surface area (Å²) < 4.78 is 2.28. The van der Waals surface area contributed by atoms with Gasteiger partial charge in [-0.25, -0.2) is 0 Å². The van der Waals surface area contributed by atoms with E-state index in [1.165, 1.54) is 31.2 Å². The first kappa shape index (κ1) is 16.5. The second-order valence-electron chi connectivity index (χ2n) is 5.76. The van der Waals surface area contributed by atoms with E-state index in [-0.39, 0.29) is 0 Å². The lowest BCUT2D eigenvalue weighted by Crippen LogP contribution is -2.36. The molecular weight excluding hydrogens is 380 g/mol. The fraction of sp³-hybridized carbons (Fsp3) is 0.625. The van der Waals surface area contributed by atoms with Crippen molar-refractivity contribution in [3.63, 3.8) is 0 Å². The molecule has 1 aromatic rings. The van der Waals surface area contributed by atoms with Crippen LogP contribution in [0.5, 0.6) is 0 Å². The largest absolute Gasteiger partial charge is 0.309 e. The van der Waals surface area contributed by atoms with Crippen molar-refractivity contribution in [1.29, 1.82) is 0 Å². The van der Waals surface area contributed by atoms with E-state index in [2.05, 4.69) is 74.2 Å². The van der Waals surface area contributed by atoms with Crippen LogP contribution in [0.1, 0.15) is 44.2 Å². The van der Waals surface area contributed by atoms with Crippen LogP contribution in [-0.4, -0.2) is 31.1 Å². The summed E-state index contributed by atoms with van der Waals surface area (Å²) >= 11 is 7.14. The fourth-order valence-corrected chi connectivity index (χ4v) is 4.34. The van der Waals surface area contributed by atoms with E-state index < -0.39 is 0 Å². The first-order valence-electron chi connectivity index (χ1n) is 7.46. The molecule has 0 bridgehead atoms. The van der Waals surface area contributed by atoms with Crippen molar-refractivity contribution in [1.82, 2.24) is 10.2 Å². The first-order valence-corrected chi connectivity index (χ1v) is 9.05. The molecule has 112 valence electrons. The van der Waals surface area contributed by atoms with Crippen LogP contribution in [0, 0.1) is 0 Å². The van der Waals surface area contributed by atoms with Crippen LogP contribution in [0.25, 0.3) is 0 Å². The van der Waals surface area contributed by atoms with Gasteiger partial charge >= 0.3 is 0 Å². The Labute approximate surface area is 139 Å². The summed E-state index contributed by atoms with van der Waals surface area (Å²) in [5.41, 5.74) is 1.32. The minimum Gasteiger partial charge on any atom is -0.309 e. The van der Waals surface area contributed by atoms with Gasteiger partial charge in [0.05, 0.1) is 0 Å². The highest BCUT2D eigenvalue weighted by Gasteiger charge is 2.19. The molecule has 2 rings (SSSR count). The molecule has 4 heteroatoms. The topological polar surface area (TPSA) is 15.3 Å². The third-order valence-corrected chi connectivity index (χ3v) is 5.47. The maximum atomic E-state index is 3.64. The van der Waals surface area contributed by atoms with Crippen molar-refractivity contribution in [2.24, 2.45) is 0 Å². The molecule has 0 heterocycles. The maximum absolute atomic E-state index is 3.64. The van der Waals surface area contributed by atoms with Crippen LogP contribution in [0.4, 0.5) is 0 Å². The van der Waals surface area contributed by atoms with Gasteiger partial charge in [0.25, 0.3) is 0 Å². The molecule has 1 fully saturated rings. The standard InChI is InChI=1S/C16H24Br2N2/c1-12(15-8-7-13(17)11-16(15)18)19-9-10-20(2)14-5-3-4-6-14/h7-8,11-12,14,19H,3-6,9-10H2,1-2H3. The molecule has 0 saturated heterocycles. The van der Waals surface area contributed by atoms with Crippen molar-refractivity contribution < 1.29 is 0 Å².